The number of esters is 1. The Balaban J connectivity index is 1.72. The number of anilines is 2. The Hall–Kier alpha value is -3.07. The van der Waals surface area contributed by atoms with Crippen LogP contribution in [0.25, 0.3) is 0 Å². The smallest absolute Gasteiger partial charge is 0.418 e. The van der Waals surface area contributed by atoms with Crippen LogP contribution in [0.15, 0.2) is 48.5 Å². The van der Waals surface area contributed by atoms with Gasteiger partial charge in [0.1, 0.15) is 0 Å². The Morgan fingerprint density at radius 1 is 0.867 bits per heavy atom. The molecule has 0 fully saturated rings. The first-order valence-corrected chi connectivity index (χ1v) is 9.20. The molecule has 2 N–H and O–H groups in total. The number of ether oxygens (including phenoxy) is 1. The van der Waals surface area contributed by atoms with E-state index < -0.39 is 35.9 Å². The number of nitrogens with one attached hydrogen (secondary N) is 2. The number of alkyl halides is 3. The first-order chi connectivity index (χ1) is 14.2. The molecular weight excluding hydrogens is 425 g/mol. The maximum atomic E-state index is 12.9. The summed E-state index contributed by atoms with van der Waals surface area (Å²) < 4.78 is 43.4. The molecule has 0 radical (unpaired) electrons. The highest BCUT2D eigenvalue weighted by Crippen LogP contribution is 2.34. The van der Waals surface area contributed by atoms with E-state index in [9.17, 15) is 27.6 Å². The normalized spacial score (nSPS) is 10.9. The second-order valence-electron chi connectivity index (χ2n) is 6.13. The van der Waals surface area contributed by atoms with Crippen molar-refractivity contribution in [3.8, 4) is 0 Å². The van der Waals surface area contributed by atoms with Crippen molar-refractivity contribution in [1.82, 2.24) is 0 Å². The van der Waals surface area contributed by atoms with Gasteiger partial charge in [-0.05, 0) is 30.7 Å². The zero-order chi connectivity index (χ0) is 22.1. The predicted molar refractivity (Wildman–Crippen MR) is 105 cm³/mol. The van der Waals surface area contributed by atoms with Crippen LogP contribution >= 0.6 is 11.6 Å². The van der Waals surface area contributed by atoms with Crippen molar-refractivity contribution < 1.29 is 32.3 Å². The van der Waals surface area contributed by atoms with E-state index in [1.165, 1.54) is 12.1 Å². The Morgan fingerprint density at radius 3 is 2.13 bits per heavy atom. The van der Waals surface area contributed by atoms with Crippen molar-refractivity contribution in [1.29, 1.82) is 0 Å². The summed E-state index contributed by atoms with van der Waals surface area (Å²) in [5, 5.41) is 5.04. The Bertz CT molecular complexity index is 919. The molecule has 0 aliphatic rings. The van der Waals surface area contributed by atoms with Crippen LogP contribution in [0.1, 0.15) is 24.8 Å². The van der Waals surface area contributed by atoms with E-state index in [0.29, 0.717) is 10.7 Å². The lowest BCUT2D eigenvalue weighted by atomic mass is 10.1. The van der Waals surface area contributed by atoms with E-state index >= 15 is 0 Å². The molecule has 160 valence electrons. The number of amides is 2. The summed E-state index contributed by atoms with van der Waals surface area (Å²) in [5.41, 5.74) is -0.987. The lowest BCUT2D eigenvalue weighted by Crippen LogP contribution is -2.22. The standard InChI is InChI=1S/C20H18ClF3N2O4/c21-14-7-2-4-9-16(14)26-17(27)10-5-11-19(29)30-12-18(28)25-15-8-3-1-6-13(15)20(22,23)24/h1-4,6-9H,5,10-12H2,(H,25,28)(H,26,27). The number of carbonyl (C=O) groups is 3. The van der Waals surface area contributed by atoms with Gasteiger partial charge in [0.25, 0.3) is 5.91 Å². The molecule has 0 atom stereocenters. The van der Waals surface area contributed by atoms with Gasteiger partial charge >= 0.3 is 12.1 Å². The average Bonchev–Trinajstić information content (AvgIpc) is 2.68. The van der Waals surface area contributed by atoms with E-state index in [-0.39, 0.29) is 25.2 Å². The van der Waals surface area contributed by atoms with Crippen molar-refractivity contribution in [2.24, 2.45) is 0 Å². The van der Waals surface area contributed by atoms with Crippen LogP contribution in [0.3, 0.4) is 0 Å². The number of hydrogen-bond donors (Lipinski definition) is 2. The molecule has 0 aliphatic carbocycles. The van der Waals surface area contributed by atoms with Crippen LogP contribution < -0.4 is 10.6 Å². The fraction of sp³-hybridized carbons (Fsp3) is 0.250. The third-order valence-corrected chi connectivity index (χ3v) is 4.13. The molecule has 2 amide bonds. The molecule has 0 aliphatic heterocycles. The SMILES string of the molecule is O=C(CCCC(=O)OCC(=O)Nc1ccccc1C(F)(F)F)Nc1ccccc1Cl. The van der Waals surface area contributed by atoms with Gasteiger partial charge < -0.3 is 15.4 Å². The zero-order valence-electron chi connectivity index (χ0n) is 15.6. The van der Waals surface area contributed by atoms with Crippen LogP contribution in [0, 0.1) is 0 Å². The molecule has 0 unspecified atom stereocenters. The largest absolute Gasteiger partial charge is 0.456 e. The molecule has 30 heavy (non-hydrogen) atoms. The van der Waals surface area contributed by atoms with Crippen molar-refractivity contribution >= 4 is 40.8 Å². The number of carbonyl (C=O) groups excluding carboxylic acids is 3. The number of para-hydroxylation sites is 2. The monoisotopic (exact) mass is 442 g/mol. The molecule has 0 spiro atoms. The number of benzene rings is 2. The number of rotatable bonds is 8. The molecule has 2 aromatic carbocycles. The first-order valence-electron chi connectivity index (χ1n) is 8.83. The van der Waals surface area contributed by atoms with Gasteiger partial charge in [0.2, 0.25) is 5.91 Å². The first kappa shape index (κ1) is 23.2. The molecule has 0 saturated heterocycles. The van der Waals surface area contributed by atoms with E-state index in [1.54, 1.807) is 24.3 Å². The quantitative estimate of drug-likeness (QED) is 0.583. The summed E-state index contributed by atoms with van der Waals surface area (Å²) in [7, 11) is 0. The minimum atomic E-state index is -4.63. The van der Waals surface area contributed by atoms with Crippen molar-refractivity contribution in [2.75, 3.05) is 17.2 Å². The van der Waals surface area contributed by atoms with Gasteiger partial charge in [-0.15, -0.1) is 0 Å². The lowest BCUT2D eigenvalue weighted by Gasteiger charge is -2.13. The van der Waals surface area contributed by atoms with Crippen molar-refractivity contribution in [3.63, 3.8) is 0 Å². The predicted octanol–water partition coefficient (Wildman–Crippen LogP) is 4.65. The Kier molecular flexibility index (Phi) is 8.23. The summed E-state index contributed by atoms with van der Waals surface area (Å²) in [6.45, 7) is -0.739. The maximum Gasteiger partial charge on any atom is 0.418 e. The second-order valence-corrected chi connectivity index (χ2v) is 6.54. The average molecular weight is 443 g/mol. The molecule has 0 bridgehead atoms. The minimum Gasteiger partial charge on any atom is -0.456 e. The molecule has 0 saturated carbocycles. The molecule has 6 nitrogen and oxygen atoms in total. The Labute approximate surface area is 175 Å². The fourth-order valence-electron chi connectivity index (χ4n) is 2.41. The lowest BCUT2D eigenvalue weighted by molar-refractivity contribution is -0.147. The van der Waals surface area contributed by atoms with Gasteiger partial charge in [0.05, 0.1) is 22.0 Å². The van der Waals surface area contributed by atoms with Gasteiger partial charge in [-0.2, -0.15) is 13.2 Å². The molecule has 0 aromatic heterocycles. The van der Waals surface area contributed by atoms with Crippen LogP contribution in [0.5, 0.6) is 0 Å². The maximum absolute atomic E-state index is 12.9. The van der Waals surface area contributed by atoms with Crippen LogP contribution in [0.2, 0.25) is 5.02 Å². The van der Waals surface area contributed by atoms with E-state index in [4.69, 9.17) is 16.3 Å². The second kappa shape index (κ2) is 10.6. The molecule has 0 heterocycles. The molecular formula is C20H18ClF3N2O4. The summed E-state index contributed by atoms with van der Waals surface area (Å²) in [6.07, 6.45) is -4.59. The number of hydrogen-bond acceptors (Lipinski definition) is 4. The third-order valence-electron chi connectivity index (χ3n) is 3.80. The Morgan fingerprint density at radius 2 is 1.47 bits per heavy atom. The topological polar surface area (TPSA) is 84.5 Å². The van der Waals surface area contributed by atoms with E-state index in [0.717, 1.165) is 12.1 Å². The van der Waals surface area contributed by atoms with Gasteiger partial charge in [0.15, 0.2) is 6.61 Å². The van der Waals surface area contributed by atoms with Crippen molar-refractivity contribution in [3.05, 3.63) is 59.1 Å². The zero-order valence-corrected chi connectivity index (χ0v) is 16.3. The summed E-state index contributed by atoms with van der Waals surface area (Å²) in [5.74, 6) is -2.01. The van der Waals surface area contributed by atoms with Crippen molar-refractivity contribution in [2.45, 2.75) is 25.4 Å². The van der Waals surface area contributed by atoms with Crippen LogP contribution in [0.4, 0.5) is 24.5 Å². The molecule has 10 heteroatoms. The highest BCUT2D eigenvalue weighted by Gasteiger charge is 2.33. The summed E-state index contributed by atoms with van der Waals surface area (Å²) in [4.78, 5) is 35.3. The summed E-state index contributed by atoms with van der Waals surface area (Å²) in [6, 6.07) is 11.1. The fourth-order valence-corrected chi connectivity index (χ4v) is 2.60. The van der Waals surface area contributed by atoms with Gasteiger partial charge in [-0.1, -0.05) is 35.9 Å². The van der Waals surface area contributed by atoms with E-state index in [1.807, 2.05) is 0 Å². The van der Waals surface area contributed by atoms with Gasteiger partial charge in [-0.3, -0.25) is 14.4 Å². The molecule has 2 rings (SSSR count). The minimum absolute atomic E-state index is 0.0193. The van der Waals surface area contributed by atoms with Crippen LogP contribution in [-0.2, 0) is 25.3 Å². The molecule has 2 aromatic rings. The van der Waals surface area contributed by atoms with E-state index in [2.05, 4.69) is 10.6 Å². The van der Waals surface area contributed by atoms with Crippen LogP contribution in [-0.4, -0.2) is 24.4 Å². The third kappa shape index (κ3) is 7.40. The highest BCUT2D eigenvalue weighted by atomic mass is 35.5. The highest BCUT2D eigenvalue weighted by molar-refractivity contribution is 6.33. The summed E-state index contributed by atoms with van der Waals surface area (Å²) >= 11 is 5.93. The van der Waals surface area contributed by atoms with Gasteiger partial charge in [0, 0.05) is 12.8 Å². The van der Waals surface area contributed by atoms with Gasteiger partial charge in [-0.25, -0.2) is 0 Å². The number of halogens is 4.